The topological polar surface area (TPSA) is 35.2 Å². The molecule has 0 aliphatic carbocycles. The summed E-state index contributed by atoms with van der Waals surface area (Å²) in [7, 11) is 0. The minimum absolute atomic E-state index is 0.0771. The van der Waals surface area contributed by atoms with Crippen molar-refractivity contribution in [2.24, 2.45) is 11.7 Å². The van der Waals surface area contributed by atoms with E-state index >= 15 is 0 Å². The normalized spacial score (nSPS) is 25.2. The third-order valence-corrected chi connectivity index (χ3v) is 2.94. The van der Waals surface area contributed by atoms with Crippen LogP contribution in [-0.2, 0) is 4.74 Å². The van der Waals surface area contributed by atoms with Gasteiger partial charge in [0.1, 0.15) is 0 Å². The van der Waals surface area contributed by atoms with Gasteiger partial charge in [-0.3, -0.25) is 0 Å². The quantitative estimate of drug-likeness (QED) is 0.704. The van der Waals surface area contributed by atoms with Crippen molar-refractivity contribution in [3.8, 4) is 0 Å². The zero-order valence-electron chi connectivity index (χ0n) is 8.31. The maximum Gasteiger partial charge on any atom is 0.0483 e. The van der Waals surface area contributed by atoms with Crippen molar-refractivity contribution in [2.45, 2.75) is 45.1 Å². The van der Waals surface area contributed by atoms with Gasteiger partial charge in [-0.2, -0.15) is 0 Å². The number of hydrogen-bond donors (Lipinski definition) is 1. The Kier molecular flexibility index (Phi) is 3.53. The first-order chi connectivity index (χ1) is 5.66. The van der Waals surface area contributed by atoms with Crippen molar-refractivity contribution in [1.29, 1.82) is 0 Å². The molecule has 72 valence electrons. The summed E-state index contributed by atoms with van der Waals surface area (Å²) >= 11 is 0. The average molecular weight is 171 g/mol. The van der Waals surface area contributed by atoms with Gasteiger partial charge >= 0.3 is 0 Å². The Morgan fingerprint density at radius 3 is 2.50 bits per heavy atom. The van der Waals surface area contributed by atoms with Crippen LogP contribution >= 0.6 is 0 Å². The molecule has 0 radical (unpaired) electrons. The van der Waals surface area contributed by atoms with Crippen LogP contribution < -0.4 is 5.73 Å². The summed E-state index contributed by atoms with van der Waals surface area (Å²) in [5.41, 5.74) is 6.33. The third kappa shape index (κ3) is 2.76. The molecule has 1 unspecified atom stereocenters. The monoisotopic (exact) mass is 171 g/mol. The molecule has 0 saturated carbocycles. The molecule has 1 rings (SSSR count). The third-order valence-electron chi connectivity index (χ3n) is 2.94. The second kappa shape index (κ2) is 4.24. The van der Waals surface area contributed by atoms with E-state index in [9.17, 15) is 0 Å². The molecule has 2 heteroatoms. The molecule has 1 saturated heterocycles. The average Bonchev–Trinajstić information content (AvgIpc) is 2.05. The van der Waals surface area contributed by atoms with E-state index in [4.69, 9.17) is 10.5 Å². The zero-order chi connectivity index (χ0) is 9.03. The predicted molar refractivity (Wildman–Crippen MR) is 51.0 cm³/mol. The molecule has 0 bridgehead atoms. The first kappa shape index (κ1) is 10.0. The molecule has 0 aromatic heterocycles. The van der Waals surface area contributed by atoms with Gasteiger partial charge in [-0.25, -0.2) is 0 Å². The van der Waals surface area contributed by atoms with Gasteiger partial charge in [0.15, 0.2) is 0 Å². The van der Waals surface area contributed by atoms with Gasteiger partial charge in [-0.15, -0.1) is 0 Å². The van der Waals surface area contributed by atoms with Gasteiger partial charge in [0.2, 0.25) is 0 Å². The largest absolute Gasteiger partial charge is 0.381 e. The van der Waals surface area contributed by atoms with Gasteiger partial charge in [-0.05, 0) is 25.2 Å². The lowest BCUT2D eigenvalue weighted by molar-refractivity contribution is 0.0448. The standard InChI is InChI=1S/C10H21NO/c1-3-9(2)8-10(11)4-6-12-7-5-10/h9H,3-8,11H2,1-2H3. The van der Waals surface area contributed by atoms with Gasteiger partial charge in [-0.1, -0.05) is 20.3 Å². The van der Waals surface area contributed by atoms with E-state index < -0.39 is 0 Å². The number of hydrogen-bond acceptors (Lipinski definition) is 2. The van der Waals surface area contributed by atoms with Crippen LogP contribution in [0, 0.1) is 5.92 Å². The summed E-state index contributed by atoms with van der Waals surface area (Å²) in [5, 5.41) is 0. The molecule has 0 aromatic rings. The summed E-state index contributed by atoms with van der Waals surface area (Å²) in [5.74, 6) is 0.757. The van der Waals surface area contributed by atoms with Crippen molar-refractivity contribution >= 4 is 0 Å². The fourth-order valence-electron chi connectivity index (χ4n) is 1.82. The van der Waals surface area contributed by atoms with Crippen molar-refractivity contribution in [2.75, 3.05) is 13.2 Å². The summed E-state index contributed by atoms with van der Waals surface area (Å²) in [6.07, 6.45) is 4.47. The van der Waals surface area contributed by atoms with Crippen LogP contribution in [0.5, 0.6) is 0 Å². The second-order valence-electron chi connectivity index (χ2n) is 4.19. The first-order valence-electron chi connectivity index (χ1n) is 5.03. The van der Waals surface area contributed by atoms with Crippen LogP contribution in [0.4, 0.5) is 0 Å². The Morgan fingerprint density at radius 2 is 2.00 bits per heavy atom. The highest BCUT2D eigenvalue weighted by atomic mass is 16.5. The lowest BCUT2D eigenvalue weighted by Gasteiger charge is -2.35. The van der Waals surface area contributed by atoms with E-state index in [1.807, 2.05) is 0 Å². The fourth-order valence-corrected chi connectivity index (χ4v) is 1.82. The molecule has 0 amide bonds. The van der Waals surface area contributed by atoms with Gasteiger partial charge in [0.25, 0.3) is 0 Å². The molecular formula is C10H21NO. The number of rotatable bonds is 3. The van der Waals surface area contributed by atoms with Crippen molar-refractivity contribution in [3.63, 3.8) is 0 Å². The highest BCUT2D eigenvalue weighted by molar-refractivity contribution is 4.87. The molecule has 12 heavy (non-hydrogen) atoms. The predicted octanol–water partition coefficient (Wildman–Crippen LogP) is 1.93. The Morgan fingerprint density at radius 1 is 1.42 bits per heavy atom. The maximum absolute atomic E-state index is 6.26. The molecular weight excluding hydrogens is 150 g/mol. The molecule has 0 aromatic carbocycles. The van der Waals surface area contributed by atoms with E-state index in [2.05, 4.69) is 13.8 Å². The van der Waals surface area contributed by atoms with Crippen LogP contribution in [0.2, 0.25) is 0 Å². The minimum Gasteiger partial charge on any atom is -0.381 e. The van der Waals surface area contributed by atoms with Crippen LogP contribution in [0.1, 0.15) is 39.5 Å². The molecule has 0 spiro atoms. The van der Waals surface area contributed by atoms with E-state index in [0.29, 0.717) is 0 Å². The van der Waals surface area contributed by atoms with Crippen LogP contribution in [0.15, 0.2) is 0 Å². The summed E-state index contributed by atoms with van der Waals surface area (Å²) in [4.78, 5) is 0. The highest BCUT2D eigenvalue weighted by Gasteiger charge is 2.28. The summed E-state index contributed by atoms with van der Waals surface area (Å²) < 4.78 is 5.30. The molecule has 2 N–H and O–H groups in total. The fraction of sp³-hybridized carbons (Fsp3) is 1.00. The smallest absolute Gasteiger partial charge is 0.0483 e. The SMILES string of the molecule is CCC(C)CC1(N)CCOCC1. The lowest BCUT2D eigenvalue weighted by Crippen LogP contribution is -2.46. The summed E-state index contributed by atoms with van der Waals surface area (Å²) in [6.45, 7) is 6.22. The molecule has 1 aliphatic rings. The van der Waals surface area contributed by atoms with Crippen LogP contribution in [0.3, 0.4) is 0 Å². The Bertz CT molecular complexity index is 130. The van der Waals surface area contributed by atoms with Crippen LogP contribution in [-0.4, -0.2) is 18.8 Å². The molecule has 1 atom stereocenters. The molecule has 1 aliphatic heterocycles. The Labute approximate surface area is 75.5 Å². The van der Waals surface area contributed by atoms with E-state index in [0.717, 1.165) is 38.4 Å². The Balaban J connectivity index is 2.35. The zero-order valence-corrected chi connectivity index (χ0v) is 8.31. The first-order valence-corrected chi connectivity index (χ1v) is 5.03. The molecule has 2 nitrogen and oxygen atoms in total. The van der Waals surface area contributed by atoms with E-state index in [-0.39, 0.29) is 5.54 Å². The van der Waals surface area contributed by atoms with Gasteiger partial charge < -0.3 is 10.5 Å². The minimum atomic E-state index is 0.0771. The molecule has 1 fully saturated rings. The molecule has 1 heterocycles. The van der Waals surface area contributed by atoms with E-state index in [1.165, 1.54) is 6.42 Å². The van der Waals surface area contributed by atoms with Gasteiger partial charge in [0, 0.05) is 18.8 Å². The van der Waals surface area contributed by atoms with Crippen molar-refractivity contribution in [1.82, 2.24) is 0 Å². The van der Waals surface area contributed by atoms with Crippen molar-refractivity contribution in [3.05, 3.63) is 0 Å². The number of ether oxygens (including phenoxy) is 1. The summed E-state index contributed by atoms with van der Waals surface area (Å²) in [6, 6.07) is 0. The lowest BCUT2D eigenvalue weighted by atomic mass is 9.82. The second-order valence-corrected chi connectivity index (χ2v) is 4.19. The van der Waals surface area contributed by atoms with Crippen molar-refractivity contribution < 1.29 is 4.74 Å². The van der Waals surface area contributed by atoms with Crippen LogP contribution in [0.25, 0.3) is 0 Å². The van der Waals surface area contributed by atoms with E-state index in [1.54, 1.807) is 0 Å². The number of nitrogens with two attached hydrogens (primary N) is 1. The van der Waals surface area contributed by atoms with Gasteiger partial charge in [0.05, 0.1) is 0 Å². The maximum atomic E-state index is 6.26. The Hall–Kier alpha value is -0.0800. The highest BCUT2D eigenvalue weighted by Crippen LogP contribution is 2.26.